The van der Waals surface area contributed by atoms with E-state index in [-0.39, 0.29) is 0 Å². The Kier molecular flexibility index (Phi) is 3.69. The second kappa shape index (κ2) is 4.84. The zero-order valence-corrected chi connectivity index (χ0v) is 7.59. The van der Waals surface area contributed by atoms with Crippen LogP contribution in [0.4, 0.5) is 0 Å². The molecule has 0 fully saturated rings. The molecule has 1 rings (SSSR count). The number of hydrogen-bond acceptors (Lipinski definition) is 1. The Morgan fingerprint density at radius 2 is 2.33 bits per heavy atom. The Labute approximate surface area is 77.4 Å². The van der Waals surface area contributed by atoms with Crippen molar-refractivity contribution in [3.05, 3.63) is 24.0 Å². The Balaban J connectivity index is 2.46. The van der Waals surface area contributed by atoms with Gasteiger partial charge in [-0.05, 0) is 25.0 Å². The van der Waals surface area contributed by atoms with Crippen molar-refractivity contribution in [2.75, 3.05) is 5.88 Å². The van der Waals surface area contributed by atoms with Crippen LogP contribution in [-0.2, 0) is 6.54 Å². The van der Waals surface area contributed by atoms with Gasteiger partial charge in [-0.15, -0.1) is 11.6 Å². The number of aromatic nitrogens is 1. The highest BCUT2D eigenvalue weighted by atomic mass is 35.5. The third kappa shape index (κ3) is 2.28. The molecule has 0 aromatic carbocycles. The fourth-order valence-corrected chi connectivity index (χ4v) is 1.28. The van der Waals surface area contributed by atoms with E-state index >= 15 is 0 Å². The molecule has 0 aliphatic carbocycles. The number of rotatable bonds is 4. The van der Waals surface area contributed by atoms with Gasteiger partial charge in [0.05, 0.1) is 0 Å². The number of hydrogen-bond donors (Lipinski definition) is 0. The minimum absolute atomic E-state index is 0.698. The van der Waals surface area contributed by atoms with Gasteiger partial charge in [0.1, 0.15) is 11.8 Å². The summed E-state index contributed by atoms with van der Waals surface area (Å²) in [5, 5.41) is 8.67. The Morgan fingerprint density at radius 1 is 1.50 bits per heavy atom. The zero-order chi connectivity index (χ0) is 8.81. The highest BCUT2D eigenvalue weighted by Gasteiger charge is 1.97. The average Bonchev–Trinajstić information content (AvgIpc) is 2.52. The second-order valence-corrected chi connectivity index (χ2v) is 2.97. The van der Waals surface area contributed by atoms with Crippen molar-refractivity contribution in [1.29, 1.82) is 5.26 Å². The van der Waals surface area contributed by atoms with Crippen molar-refractivity contribution in [3.8, 4) is 6.07 Å². The van der Waals surface area contributed by atoms with Gasteiger partial charge in [-0.3, -0.25) is 0 Å². The standard InChI is InChI=1S/C9H11ClN2/c10-5-1-2-6-12-7-3-4-9(12)8-11/h3-4,7H,1-2,5-6H2. The molecule has 0 bridgehead atoms. The van der Waals surface area contributed by atoms with Gasteiger partial charge in [0, 0.05) is 18.6 Å². The average molecular weight is 183 g/mol. The van der Waals surface area contributed by atoms with Gasteiger partial charge in [-0.1, -0.05) is 0 Å². The first-order chi connectivity index (χ1) is 5.88. The number of alkyl halides is 1. The molecule has 0 spiro atoms. The van der Waals surface area contributed by atoms with E-state index in [1.54, 1.807) is 0 Å². The molecular formula is C9H11ClN2. The van der Waals surface area contributed by atoms with Crippen LogP contribution in [0.1, 0.15) is 18.5 Å². The van der Waals surface area contributed by atoms with E-state index in [1.165, 1.54) is 0 Å². The highest BCUT2D eigenvalue weighted by Crippen LogP contribution is 2.03. The number of halogens is 1. The highest BCUT2D eigenvalue weighted by molar-refractivity contribution is 6.17. The molecule has 0 aliphatic heterocycles. The number of nitriles is 1. The molecular weight excluding hydrogens is 172 g/mol. The summed E-state index contributed by atoms with van der Waals surface area (Å²) in [5.41, 5.74) is 0.726. The second-order valence-electron chi connectivity index (χ2n) is 2.59. The molecule has 1 heterocycles. The van der Waals surface area contributed by atoms with E-state index in [4.69, 9.17) is 16.9 Å². The molecule has 0 aliphatic rings. The first kappa shape index (κ1) is 9.15. The van der Waals surface area contributed by atoms with Crippen LogP contribution in [0.5, 0.6) is 0 Å². The first-order valence-corrected chi connectivity index (χ1v) is 4.53. The number of unbranched alkanes of at least 4 members (excludes halogenated alkanes) is 1. The van der Waals surface area contributed by atoms with E-state index < -0.39 is 0 Å². The summed E-state index contributed by atoms with van der Waals surface area (Å²) >= 11 is 5.54. The molecule has 1 aromatic heterocycles. The van der Waals surface area contributed by atoms with Crippen LogP contribution in [0.15, 0.2) is 18.3 Å². The Hall–Kier alpha value is -0.940. The molecule has 3 heteroatoms. The van der Waals surface area contributed by atoms with Gasteiger partial charge in [0.25, 0.3) is 0 Å². The van der Waals surface area contributed by atoms with E-state index in [0.717, 1.165) is 25.1 Å². The van der Waals surface area contributed by atoms with E-state index in [1.807, 2.05) is 22.9 Å². The van der Waals surface area contributed by atoms with Crippen molar-refractivity contribution < 1.29 is 0 Å². The van der Waals surface area contributed by atoms with Crippen LogP contribution in [0.2, 0.25) is 0 Å². The number of aryl methyl sites for hydroxylation is 1. The lowest BCUT2D eigenvalue weighted by molar-refractivity contribution is 0.631. The van der Waals surface area contributed by atoms with Crippen molar-refractivity contribution in [3.63, 3.8) is 0 Å². The topological polar surface area (TPSA) is 28.7 Å². The quantitative estimate of drug-likeness (QED) is 0.519. The maximum atomic E-state index is 8.67. The molecule has 0 N–H and O–H groups in total. The van der Waals surface area contributed by atoms with Crippen molar-refractivity contribution in [2.24, 2.45) is 0 Å². The molecule has 2 nitrogen and oxygen atoms in total. The number of nitrogens with zero attached hydrogens (tertiary/aromatic N) is 2. The van der Waals surface area contributed by atoms with Crippen molar-refractivity contribution >= 4 is 11.6 Å². The molecule has 1 aromatic rings. The van der Waals surface area contributed by atoms with Gasteiger partial charge >= 0.3 is 0 Å². The van der Waals surface area contributed by atoms with Gasteiger partial charge in [0.15, 0.2) is 0 Å². The molecule has 0 saturated carbocycles. The van der Waals surface area contributed by atoms with Crippen LogP contribution in [-0.4, -0.2) is 10.4 Å². The van der Waals surface area contributed by atoms with E-state index in [9.17, 15) is 0 Å². The summed E-state index contributed by atoms with van der Waals surface area (Å²) < 4.78 is 1.95. The summed E-state index contributed by atoms with van der Waals surface area (Å²) in [6.45, 7) is 0.891. The van der Waals surface area contributed by atoms with Gasteiger partial charge in [0.2, 0.25) is 0 Å². The van der Waals surface area contributed by atoms with E-state index in [0.29, 0.717) is 5.88 Å². The molecule has 0 amide bonds. The lowest BCUT2D eigenvalue weighted by Gasteiger charge is -2.02. The molecule has 0 atom stereocenters. The summed E-state index contributed by atoms with van der Waals surface area (Å²) in [5.74, 6) is 0.698. The molecule has 0 unspecified atom stereocenters. The van der Waals surface area contributed by atoms with Crippen LogP contribution in [0.25, 0.3) is 0 Å². The van der Waals surface area contributed by atoms with Crippen LogP contribution in [0.3, 0.4) is 0 Å². The predicted octanol–water partition coefficient (Wildman–Crippen LogP) is 2.38. The van der Waals surface area contributed by atoms with Crippen molar-refractivity contribution in [1.82, 2.24) is 4.57 Å². The SMILES string of the molecule is N#Cc1cccn1CCCCCl. The fourth-order valence-electron chi connectivity index (χ4n) is 1.09. The first-order valence-electron chi connectivity index (χ1n) is 3.99. The maximum Gasteiger partial charge on any atom is 0.120 e. The van der Waals surface area contributed by atoms with Gasteiger partial charge in [-0.2, -0.15) is 5.26 Å². The minimum atomic E-state index is 0.698. The fraction of sp³-hybridized carbons (Fsp3) is 0.444. The third-order valence-electron chi connectivity index (χ3n) is 1.73. The van der Waals surface area contributed by atoms with Crippen LogP contribution in [0, 0.1) is 11.3 Å². The lowest BCUT2D eigenvalue weighted by atomic mass is 10.3. The summed E-state index contributed by atoms with van der Waals surface area (Å²) in [7, 11) is 0. The van der Waals surface area contributed by atoms with E-state index in [2.05, 4.69) is 6.07 Å². The third-order valence-corrected chi connectivity index (χ3v) is 1.99. The van der Waals surface area contributed by atoms with Crippen molar-refractivity contribution in [2.45, 2.75) is 19.4 Å². The Bertz CT molecular complexity index is 272. The molecule has 0 saturated heterocycles. The largest absolute Gasteiger partial charge is 0.339 e. The minimum Gasteiger partial charge on any atom is -0.339 e. The van der Waals surface area contributed by atoms with Crippen LogP contribution < -0.4 is 0 Å². The zero-order valence-electron chi connectivity index (χ0n) is 6.83. The molecule has 12 heavy (non-hydrogen) atoms. The summed E-state index contributed by atoms with van der Waals surface area (Å²) in [6, 6.07) is 5.84. The molecule has 0 radical (unpaired) electrons. The Morgan fingerprint density at radius 3 is 3.00 bits per heavy atom. The summed E-state index contributed by atoms with van der Waals surface area (Å²) in [6.07, 6.45) is 3.96. The maximum absolute atomic E-state index is 8.67. The monoisotopic (exact) mass is 182 g/mol. The molecule has 64 valence electrons. The van der Waals surface area contributed by atoms with Crippen LogP contribution >= 0.6 is 11.6 Å². The summed E-state index contributed by atoms with van der Waals surface area (Å²) in [4.78, 5) is 0. The lowest BCUT2D eigenvalue weighted by Crippen LogP contribution is -1.98. The van der Waals surface area contributed by atoms with Gasteiger partial charge in [-0.25, -0.2) is 0 Å². The smallest absolute Gasteiger partial charge is 0.120 e. The normalized spacial score (nSPS) is 9.67. The van der Waals surface area contributed by atoms with Gasteiger partial charge < -0.3 is 4.57 Å². The predicted molar refractivity (Wildman–Crippen MR) is 49.1 cm³/mol.